The first-order chi connectivity index (χ1) is 8.31. The number of hydrogen-bond donors (Lipinski definition) is 0. The summed E-state index contributed by atoms with van der Waals surface area (Å²) in [4.78, 5) is 15.9. The predicted octanol–water partition coefficient (Wildman–Crippen LogP) is 1.95. The lowest BCUT2D eigenvalue weighted by atomic mass is 10.1. The molecule has 0 bridgehead atoms. The standard InChI is InChI=1S/C11H11N3O2S/c1-2-3-16-9-4-8(5-12-6-9)11(15)10-7-17-14-13-10/h4-7H,2-3H2,1H3. The summed E-state index contributed by atoms with van der Waals surface area (Å²) in [5, 5.41) is 5.35. The molecule has 0 aliphatic heterocycles. The van der Waals surface area contributed by atoms with Crippen LogP contribution in [0, 0.1) is 0 Å². The van der Waals surface area contributed by atoms with Crippen molar-refractivity contribution in [3.8, 4) is 5.75 Å². The van der Waals surface area contributed by atoms with Gasteiger partial charge in [-0.05, 0) is 24.0 Å². The zero-order chi connectivity index (χ0) is 12.1. The van der Waals surface area contributed by atoms with Crippen molar-refractivity contribution < 1.29 is 9.53 Å². The van der Waals surface area contributed by atoms with Gasteiger partial charge in [0, 0.05) is 17.1 Å². The topological polar surface area (TPSA) is 65.0 Å². The Kier molecular flexibility index (Phi) is 3.77. The van der Waals surface area contributed by atoms with Crippen LogP contribution in [-0.2, 0) is 0 Å². The summed E-state index contributed by atoms with van der Waals surface area (Å²) in [6.07, 6.45) is 4.00. The second-order valence-corrected chi connectivity index (χ2v) is 3.99. The number of carbonyl (C=O) groups excluding carboxylic acids is 1. The number of ether oxygens (including phenoxy) is 1. The predicted molar refractivity (Wildman–Crippen MR) is 63.4 cm³/mol. The van der Waals surface area contributed by atoms with E-state index in [9.17, 15) is 4.79 Å². The molecule has 2 heterocycles. The van der Waals surface area contributed by atoms with Crippen LogP contribution in [0.2, 0.25) is 0 Å². The molecule has 6 heteroatoms. The number of ketones is 1. The maximum Gasteiger partial charge on any atom is 0.215 e. The molecular formula is C11H11N3O2S. The summed E-state index contributed by atoms with van der Waals surface area (Å²) in [7, 11) is 0. The SMILES string of the molecule is CCCOc1cncc(C(=O)c2csnn2)c1. The molecule has 0 saturated heterocycles. The molecule has 17 heavy (non-hydrogen) atoms. The van der Waals surface area contributed by atoms with Gasteiger partial charge in [0.15, 0.2) is 0 Å². The molecule has 0 unspecified atom stereocenters. The van der Waals surface area contributed by atoms with Gasteiger partial charge in [-0.25, -0.2) is 0 Å². The Hall–Kier alpha value is -1.82. The summed E-state index contributed by atoms with van der Waals surface area (Å²) < 4.78 is 9.08. The number of pyridine rings is 1. The van der Waals surface area contributed by atoms with E-state index in [-0.39, 0.29) is 5.78 Å². The Morgan fingerprint density at radius 1 is 1.47 bits per heavy atom. The lowest BCUT2D eigenvalue weighted by Crippen LogP contribution is -2.04. The minimum atomic E-state index is -0.187. The van der Waals surface area contributed by atoms with Crippen LogP contribution in [0.1, 0.15) is 29.4 Å². The molecular weight excluding hydrogens is 238 g/mol. The largest absolute Gasteiger partial charge is 0.492 e. The van der Waals surface area contributed by atoms with E-state index in [4.69, 9.17) is 4.74 Å². The van der Waals surface area contributed by atoms with Gasteiger partial charge >= 0.3 is 0 Å². The van der Waals surface area contributed by atoms with Crippen molar-refractivity contribution in [1.29, 1.82) is 0 Å². The van der Waals surface area contributed by atoms with Crippen LogP contribution >= 0.6 is 11.5 Å². The first kappa shape index (κ1) is 11.7. The van der Waals surface area contributed by atoms with Crippen LogP contribution < -0.4 is 4.74 Å². The molecule has 0 aliphatic carbocycles. The zero-order valence-corrected chi connectivity index (χ0v) is 10.1. The van der Waals surface area contributed by atoms with E-state index in [0.29, 0.717) is 23.6 Å². The molecule has 2 aromatic rings. The summed E-state index contributed by atoms with van der Waals surface area (Å²) in [5.74, 6) is 0.411. The number of carbonyl (C=O) groups is 1. The summed E-state index contributed by atoms with van der Waals surface area (Å²) in [6.45, 7) is 2.63. The highest BCUT2D eigenvalue weighted by atomic mass is 32.1. The van der Waals surface area contributed by atoms with Gasteiger partial charge < -0.3 is 4.74 Å². The Morgan fingerprint density at radius 2 is 2.35 bits per heavy atom. The van der Waals surface area contributed by atoms with Gasteiger partial charge in [0.2, 0.25) is 5.78 Å². The van der Waals surface area contributed by atoms with Gasteiger partial charge in [-0.3, -0.25) is 9.78 Å². The molecule has 2 rings (SSSR count). The summed E-state index contributed by atoms with van der Waals surface area (Å²) in [5.41, 5.74) is 0.802. The highest BCUT2D eigenvalue weighted by Gasteiger charge is 2.13. The minimum Gasteiger partial charge on any atom is -0.492 e. The minimum absolute atomic E-state index is 0.187. The number of hydrogen-bond acceptors (Lipinski definition) is 6. The molecule has 0 N–H and O–H groups in total. The summed E-state index contributed by atoms with van der Waals surface area (Å²) in [6, 6.07) is 1.67. The quantitative estimate of drug-likeness (QED) is 0.758. The van der Waals surface area contributed by atoms with Gasteiger partial charge in [-0.2, -0.15) is 0 Å². The van der Waals surface area contributed by atoms with Crippen molar-refractivity contribution in [1.82, 2.24) is 14.6 Å². The van der Waals surface area contributed by atoms with E-state index >= 15 is 0 Å². The van der Waals surface area contributed by atoms with E-state index in [1.165, 1.54) is 6.20 Å². The fraction of sp³-hybridized carbons (Fsp3) is 0.273. The zero-order valence-electron chi connectivity index (χ0n) is 9.29. The lowest BCUT2D eigenvalue weighted by Gasteiger charge is -2.04. The van der Waals surface area contributed by atoms with Crippen molar-refractivity contribution in [2.24, 2.45) is 0 Å². The van der Waals surface area contributed by atoms with Crippen LogP contribution in [0.25, 0.3) is 0 Å². The molecule has 2 aromatic heterocycles. The van der Waals surface area contributed by atoms with Crippen molar-refractivity contribution in [3.05, 3.63) is 35.1 Å². The Bertz CT molecular complexity index is 499. The van der Waals surface area contributed by atoms with Crippen LogP contribution in [0.3, 0.4) is 0 Å². The van der Waals surface area contributed by atoms with Gasteiger partial charge in [0.25, 0.3) is 0 Å². The molecule has 0 amide bonds. The lowest BCUT2D eigenvalue weighted by molar-refractivity contribution is 0.103. The fourth-order valence-corrected chi connectivity index (χ4v) is 1.69. The molecule has 0 fully saturated rings. The van der Waals surface area contributed by atoms with Gasteiger partial charge in [-0.15, -0.1) is 5.10 Å². The molecule has 88 valence electrons. The van der Waals surface area contributed by atoms with Crippen LogP contribution in [0.5, 0.6) is 5.75 Å². The number of aromatic nitrogens is 3. The first-order valence-electron chi connectivity index (χ1n) is 5.21. The molecule has 0 aromatic carbocycles. The third-order valence-electron chi connectivity index (χ3n) is 2.04. The van der Waals surface area contributed by atoms with Crippen molar-refractivity contribution in [2.75, 3.05) is 6.61 Å². The molecule has 0 atom stereocenters. The molecule has 0 aliphatic rings. The monoisotopic (exact) mass is 249 g/mol. The average molecular weight is 249 g/mol. The molecule has 5 nitrogen and oxygen atoms in total. The Labute approximate surface area is 103 Å². The van der Waals surface area contributed by atoms with Crippen LogP contribution in [-0.4, -0.2) is 27.0 Å². The van der Waals surface area contributed by atoms with Crippen LogP contribution in [0.4, 0.5) is 0 Å². The Balaban J connectivity index is 2.18. The van der Waals surface area contributed by atoms with Gasteiger partial charge in [0.05, 0.1) is 12.8 Å². The third kappa shape index (κ3) is 2.85. The second-order valence-electron chi connectivity index (χ2n) is 3.38. The second kappa shape index (κ2) is 5.49. The normalized spacial score (nSPS) is 10.2. The molecule has 0 spiro atoms. The highest BCUT2D eigenvalue weighted by Crippen LogP contribution is 2.14. The first-order valence-corrected chi connectivity index (χ1v) is 6.04. The van der Waals surface area contributed by atoms with Crippen LogP contribution in [0.15, 0.2) is 23.8 Å². The van der Waals surface area contributed by atoms with Crippen molar-refractivity contribution in [3.63, 3.8) is 0 Å². The number of nitrogens with zero attached hydrogens (tertiary/aromatic N) is 3. The Morgan fingerprint density at radius 3 is 3.06 bits per heavy atom. The van der Waals surface area contributed by atoms with E-state index in [0.717, 1.165) is 18.0 Å². The van der Waals surface area contributed by atoms with Crippen molar-refractivity contribution in [2.45, 2.75) is 13.3 Å². The smallest absolute Gasteiger partial charge is 0.215 e. The van der Waals surface area contributed by atoms with Crippen molar-refractivity contribution >= 4 is 17.3 Å². The average Bonchev–Trinajstić information content (AvgIpc) is 2.89. The molecule has 0 saturated carbocycles. The molecule has 0 radical (unpaired) electrons. The van der Waals surface area contributed by atoms with E-state index < -0.39 is 0 Å². The summed E-state index contributed by atoms with van der Waals surface area (Å²) >= 11 is 1.15. The van der Waals surface area contributed by atoms with E-state index in [1.54, 1.807) is 17.6 Å². The van der Waals surface area contributed by atoms with Gasteiger partial charge in [0.1, 0.15) is 11.4 Å². The maximum absolute atomic E-state index is 11.9. The maximum atomic E-state index is 11.9. The fourth-order valence-electron chi connectivity index (χ4n) is 1.25. The highest BCUT2D eigenvalue weighted by molar-refractivity contribution is 7.03. The third-order valence-corrected chi connectivity index (χ3v) is 2.55. The van der Waals surface area contributed by atoms with E-state index in [1.807, 2.05) is 6.92 Å². The van der Waals surface area contributed by atoms with E-state index in [2.05, 4.69) is 14.6 Å². The van der Waals surface area contributed by atoms with Gasteiger partial charge in [-0.1, -0.05) is 11.4 Å². The number of rotatable bonds is 5.